The lowest BCUT2D eigenvalue weighted by molar-refractivity contribution is -0.127. The standard InChI is InChI=1S/C29H30ClN7O4/c1-39-21-8-6-20(7-9-21)16-35-12-13-36(27-14-26(30)33-29(34-27)37-11-10-31-19-37)17-23(35)28(38)32-15-22-18-40-24-4-2-3-5-25(24)41-22/h2-11,14,19,22-23H,12-13,15-18H2,1H3,(H,32,38). The molecule has 0 radical (unpaired) electrons. The predicted molar refractivity (Wildman–Crippen MR) is 153 cm³/mol. The molecule has 0 spiro atoms. The van der Waals surface area contributed by atoms with Crippen molar-refractivity contribution in [1.82, 2.24) is 29.7 Å². The summed E-state index contributed by atoms with van der Waals surface area (Å²) in [5, 5.41) is 3.42. The predicted octanol–water partition coefficient (Wildman–Crippen LogP) is 2.97. The van der Waals surface area contributed by atoms with Gasteiger partial charge < -0.3 is 24.4 Å². The Hall–Kier alpha value is -4.35. The van der Waals surface area contributed by atoms with Crippen molar-refractivity contribution in [3.8, 4) is 23.2 Å². The van der Waals surface area contributed by atoms with Gasteiger partial charge in [-0.3, -0.25) is 14.3 Å². The molecule has 0 saturated carbocycles. The van der Waals surface area contributed by atoms with E-state index in [0.29, 0.717) is 67.7 Å². The number of nitrogens with zero attached hydrogens (tertiary/aromatic N) is 6. The van der Waals surface area contributed by atoms with Gasteiger partial charge in [0.15, 0.2) is 11.5 Å². The molecule has 4 aromatic rings. The number of carbonyl (C=O) groups is 1. The van der Waals surface area contributed by atoms with E-state index in [0.717, 1.165) is 11.3 Å². The van der Waals surface area contributed by atoms with Crippen LogP contribution in [0.3, 0.4) is 0 Å². The van der Waals surface area contributed by atoms with Crippen LogP contribution in [0.2, 0.25) is 5.15 Å². The number of para-hydroxylation sites is 2. The third-order valence-electron chi connectivity index (χ3n) is 7.14. The van der Waals surface area contributed by atoms with E-state index < -0.39 is 6.04 Å². The second kappa shape index (κ2) is 12.0. The molecule has 212 valence electrons. The first-order valence-corrected chi connectivity index (χ1v) is 13.7. The van der Waals surface area contributed by atoms with Crippen molar-refractivity contribution in [1.29, 1.82) is 0 Å². The van der Waals surface area contributed by atoms with E-state index in [1.807, 2.05) is 48.5 Å². The average Bonchev–Trinajstić information content (AvgIpc) is 3.55. The van der Waals surface area contributed by atoms with Crippen LogP contribution in [-0.2, 0) is 11.3 Å². The van der Waals surface area contributed by atoms with Gasteiger partial charge in [-0.15, -0.1) is 0 Å². The Balaban J connectivity index is 1.19. The topological polar surface area (TPSA) is 107 Å². The number of rotatable bonds is 8. The van der Waals surface area contributed by atoms with Gasteiger partial charge >= 0.3 is 0 Å². The largest absolute Gasteiger partial charge is 0.497 e. The molecule has 2 aromatic carbocycles. The molecule has 2 unspecified atom stereocenters. The zero-order chi connectivity index (χ0) is 28.2. The van der Waals surface area contributed by atoms with Gasteiger partial charge in [0, 0.05) is 44.6 Å². The van der Waals surface area contributed by atoms with Crippen LogP contribution < -0.4 is 24.4 Å². The number of carbonyl (C=O) groups excluding carboxylic acids is 1. The molecular weight excluding hydrogens is 546 g/mol. The van der Waals surface area contributed by atoms with Crippen molar-refractivity contribution in [3.05, 3.63) is 84.0 Å². The van der Waals surface area contributed by atoms with Gasteiger partial charge in [0.1, 0.15) is 41.8 Å². The number of imidazole rings is 1. The van der Waals surface area contributed by atoms with E-state index in [-0.39, 0.29) is 12.0 Å². The maximum absolute atomic E-state index is 13.7. The summed E-state index contributed by atoms with van der Waals surface area (Å²) in [5.41, 5.74) is 1.09. The molecule has 41 heavy (non-hydrogen) atoms. The summed E-state index contributed by atoms with van der Waals surface area (Å²) in [6.45, 7) is 3.01. The Labute approximate surface area is 242 Å². The van der Waals surface area contributed by atoms with Gasteiger partial charge in [-0.1, -0.05) is 35.9 Å². The molecule has 1 amide bonds. The number of aromatic nitrogens is 4. The van der Waals surface area contributed by atoms with Crippen molar-refractivity contribution in [2.75, 3.05) is 44.8 Å². The van der Waals surface area contributed by atoms with Crippen molar-refractivity contribution in [2.45, 2.75) is 18.7 Å². The summed E-state index contributed by atoms with van der Waals surface area (Å²) in [7, 11) is 1.64. The number of ether oxygens (including phenoxy) is 3. The minimum atomic E-state index is -0.451. The summed E-state index contributed by atoms with van der Waals surface area (Å²) < 4.78 is 18.9. The minimum Gasteiger partial charge on any atom is -0.497 e. The van der Waals surface area contributed by atoms with Crippen LogP contribution in [0.1, 0.15) is 5.56 Å². The van der Waals surface area contributed by atoms with Crippen LogP contribution in [0.15, 0.2) is 73.3 Å². The van der Waals surface area contributed by atoms with E-state index in [2.05, 4.69) is 25.1 Å². The highest BCUT2D eigenvalue weighted by atomic mass is 35.5. The third kappa shape index (κ3) is 6.21. The lowest BCUT2D eigenvalue weighted by Gasteiger charge is -2.41. The van der Waals surface area contributed by atoms with E-state index in [9.17, 15) is 4.79 Å². The molecule has 1 fully saturated rings. The van der Waals surface area contributed by atoms with E-state index in [4.69, 9.17) is 30.8 Å². The third-order valence-corrected chi connectivity index (χ3v) is 7.33. The lowest BCUT2D eigenvalue weighted by atomic mass is 10.1. The Morgan fingerprint density at radius 1 is 1.12 bits per heavy atom. The van der Waals surface area contributed by atoms with Crippen LogP contribution in [0.5, 0.6) is 17.2 Å². The van der Waals surface area contributed by atoms with Gasteiger partial charge in [-0.2, -0.15) is 4.98 Å². The molecule has 2 aromatic heterocycles. The van der Waals surface area contributed by atoms with Crippen LogP contribution in [-0.4, -0.2) is 82.4 Å². The van der Waals surface area contributed by atoms with E-state index >= 15 is 0 Å². The highest BCUT2D eigenvalue weighted by molar-refractivity contribution is 6.29. The van der Waals surface area contributed by atoms with Crippen molar-refractivity contribution >= 4 is 23.3 Å². The Kier molecular flexibility index (Phi) is 7.88. The summed E-state index contributed by atoms with van der Waals surface area (Å²) >= 11 is 6.38. The monoisotopic (exact) mass is 575 g/mol. The first-order valence-electron chi connectivity index (χ1n) is 13.4. The number of amides is 1. The number of hydrogen-bond acceptors (Lipinski definition) is 9. The highest BCUT2D eigenvalue weighted by Crippen LogP contribution is 2.31. The summed E-state index contributed by atoms with van der Waals surface area (Å²) in [6, 6.07) is 16.7. The number of anilines is 1. The maximum atomic E-state index is 13.7. The van der Waals surface area contributed by atoms with Gasteiger partial charge in [0.05, 0.1) is 13.7 Å². The van der Waals surface area contributed by atoms with Crippen molar-refractivity contribution in [3.63, 3.8) is 0 Å². The number of fused-ring (bicyclic) bond motifs is 1. The maximum Gasteiger partial charge on any atom is 0.239 e. The molecule has 1 saturated heterocycles. The fourth-order valence-corrected chi connectivity index (χ4v) is 5.15. The minimum absolute atomic E-state index is 0.0966. The van der Waals surface area contributed by atoms with Crippen LogP contribution in [0.25, 0.3) is 5.95 Å². The first kappa shape index (κ1) is 26.9. The number of nitrogens with one attached hydrogen (secondary N) is 1. The quantitative estimate of drug-likeness (QED) is 0.317. The number of halogens is 1. The van der Waals surface area contributed by atoms with Gasteiger partial charge in [-0.25, -0.2) is 9.97 Å². The molecule has 0 aliphatic carbocycles. The average molecular weight is 576 g/mol. The van der Waals surface area contributed by atoms with Gasteiger partial charge in [0.25, 0.3) is 0 Å². The van der Waals surface area contributed by atoms with Crippen LogP contribution >= 0.6 is 11.6 Å². The zero-order valence-corrected chi connectivity index (χ0v) is 23.3. The fraction of sp³-hybridized carbons (Fsp3) is 0.310. The zero-order valence-electron chi connectivity index (χ0n) is 22.5. The molecule has 0 bridgehead atoms. The Morgan fingerprint density at radius 2 is 1.95 bits per heavy atom. The number of methoxy groups -OCH3 is 1. The Morgan fingerprint density at radius 3 is 2.73 bits per heavy atom. The number of piperazine rings is 1. The second-order valence-electron chi connectivity index (χ2n) is 9.84. The van der Waals surface area contributed by atoms with Crippen LogP contribution in [0.4, 0.5) is 5.82 Å². The molecule has 6 rings (SSSR count). The first-order chi connectivity index (χ1) is 20.1. The molecule has 2 atom stereocenters. The van der Waals surface area contributed by atoms with Crippen molar-refractivity contribution in [2.24, 2.45) is 0 Å². The molecule has 1 N–H and O–H groups in total. The normalized spacial score (nSPS) is 18.6. The molecular formula is C29H30ClN7O4. The summed E-state index contributed by atoms with van der Waals surface area (Å²) in [5.74, 6) is 3.15. The number of benzene rings is 2. The smallest absolute Gasteiger partial charge is 0.239 e. The molecule has 2 aliphatic rings. The number of hydrogen-bond donors (Lipinski definition) is 1. The summed E-state index contributed by atoms with van der Waals surface area (Å²) in [4.78, 5) is 31.1. The van der Waals surface area contributed by atoms with E-state index in [1.54, 1.807) is 36.5 Å². The highest BCUT2D eigenvalue weighted by Gasteiger charge is 2.34. The second-order valence-corrected chi connectivity index (χ2v) is 10.2. The van der Waals surface area contributed by atoms with E-state index in [1.165, 1.54) is 0 Å². The van der Waals surface area contributed by atoms with Crippen LogP contribution in [0, 0.1) is 0 Å². The Bertz CT molecular complexity index is 1490. The molecule has 2 aliphatic heterocycles. The van der Waals surface area contributed by atoms with Crippen molar-refractivity contribution < 1.29 is 19.0 Å². The fourth-order valence-electron chi connectivity index (χ4n) is 4.98. The van der Waals surface area contributed by atoms with Gasteiger partial charge in [0.2, 0.25) is 11.9 Å². The van der Waals surface area contributed by atoms with Gasteiger partial charge in [-0.05, 0) is 29.8 Å². The lowest BCUT2D eigenvalue weighted by Crippen LogP contribution is -2.59. The molecule has 12 heteroatoms. The summed E-state index contributed by atoms with van der Waals surface area (Å²) in [6.07, 6.45) is 4.74. The molecule has 4 heterocycles. The molecule has 11 nitrogen and oxygen atoms in total. The SMILES string of the molecule is COc1ccc(CN2CCN(c3cc(Cl)nc(-n4ccnc4)n3)CC2C(=O)NCC2COc3ccccc3O2)cc1.